The second-order valence-electron chi connectivity index (χ2n) is 4.48. The van der Waals surface area contributed by atoms with Gasteiger partial charge in [0.25, 0.3) is 5.91 Å². The van der Waals surface area contributed by atoms with Gasteiger partial charge in [-0.05, 0) is 48.6 Å². The van der Waals surface area contributed by atoms with E-state index in [4.69, 9.17) is 21.7 Å². The van der Waals surface area contributed by atoms with Crippen molar-refractivity contribution in [2.45, 2.75) is 0 Å². The van der Waals surface area contributed by atoms with Gasteiger partial charge in [-0.2, -0.15) is 0 Å². The fraction of sp³-hybridized carbons (Fsp3) is 0.125. The number of ether oxygens (including phenoxy) is 2. The summed E-state index contributed by atoms with van der Waals surface area (Å²) < 4.78 is 23.2. The summed E-state index contributed by atoms with van der Waals surface area (Å²) in [5.41, 5.74) is 0.851. The van der Waals surface area contributed by atoms with Gasteiger partial charge in [0.05, 0.1) is 19.9 Å². The number of anilines is 1. The molecule has 120 valence electrons. The molecule has 0 aliphatic carbocycles. The summed E-state index contributed by atoms with van der Waals surface area (Å²) in [5.74, 6) is 0.304. The molecule has 23 heavy (non-hydrogen) atoms. The number of amides is 1. The molecule has 7 heteroatoms. The number of rotatable bonds is 4. The van der Waals surface area contributed by atoms with Gasteiger partial charge >= 0.3 is 0 Å². The van der Waals surface area contributed by atoms with Crippen molar-refractivity contribution in [1.82, 2.24) is 5.32 Å². The summed E-state index contributed by atoms with van der Waals surface area (Å²) in [7, 11) is 3.06. The molecule has 1 amide bonds. The van der Waals surface area contributed by atoms with Crippen LogP contribution in [-0.4, -0.2) is 25.2 Å². The van der Waals surface area contributed by atoms with Crippen molar-refractivity contribution in [1.29, 1.82) is 0 Å². The Bertz CT molecular complexity index is 720. The van der Waals surface area contributed by atoms with Crippen molar-refractivity contribution in [2.75, 3.05) is 19.5 Å². The maximum absolute atomic E-state index is 12.9. The van der Waals surface area contributed by atoms with E-state index in [-0.39, 0.29) is 5.11 Å². The first-order chi connectivity index (χ1) is 11.0. The van der Waals surface area contributed by atoms with E-state index < -0.39 is 11.7 Å². The predicted octanol–water partition coefficient (Wildman–Crippen LogP) is 2.97. The normalized spacial score (nSPS) is 9.87. The number of hydrogen-bond acceptors (Lipinski definition) is 4. The van der Waals surface area contributed by atoms with Crippen LogP contribution in [0.25, 0.3) is 0 Å². The molecular formula is C16H15FN2O3S. The Kier molecular flexibility index (Phi) is 5.48. The Labute approximate surface area is 138 Å². The highest BCUT2D eigenvalue weighted by atomic mass is 32.1. The topological polar surface area (TPSA) is 59.6 Å². The number of nitrogens with one attached hydrogen (secondary N) is 2. The van der Waals surface area contributed by atoms with E-state index in [9.17, 15) is 9.18 Å². The number of halogens is 1. The lowest BCUT2D eigenvalue weighted by atomic mass is 10.2. The van der Waals surface area contributed by atoms with Crippen molar-refractivity contribution < 1.29 is 18.7 Å². The highest BCUT2D eigenvalue weighted by Crippen LogP contribution is 2.28. The second kappa shape index (κ2) is 7.55. The predicted molar refractivity (Wildman–Crippen MR) is 89.6 cm³/mol. The van der Waals surface area contributed by atoms with Gasteiger partial charge in [-0.15, -0.1) is 0 Å². The van der Waals surface area contributed by atoms with Crippen LogP contribution < -0.4 is 20.1 Å². The number of methoxy groups -OCH3 is 2. The summed E-state index contributed by atoms with van der Waals surface area (Å²) >= 11 is 5.11. The highest BCUT2D eigenvalue weighted by molar-refractivity contribution is 7.80. The molecule has 0 atom stereocenters. The van der Waals surface area contributed by atoms with Gasteiger partial charge < -0.3 is 14.8 Å². The zero-order chi connectivity index (χ0) is 16.8. The van der Waals surface area contributed by atoms with E-state index in [2.05, 4.69) is 10.6 Å². The first kappa shape index (κ1) is 16.7. The molecule has 0 saturated carbocycles. The molecule has 5 nitrogen and oxygen atoms in total. The van der Waals surface area contributed by atoms with Crippen molar-refractivity contribution in [3.05, 3.63) is 53.8 Å². The Hall–Kier alpha value is -2.67. The number of carbonyl (C=O) groups is 1. The third-order valence-electron chi connectivity index (χ3n) is 2.99. The summed E-state index contributed by atoms with van der Waals surface area (Å²) in [6, 6.07) is 10.3. The van der Waals surface area contributed by atoms with E-state index in [0.29, 0.717) is 22.7 Å². The zero-order valence-corrected chi connectivity index (χ0v) is 13.4. The van der Waals surface area contributed by atoms with Crippen molar-refractivity contribution in [3.63, 3.8) is 0 Å². The molecule has 0 aliphatic heterocycles. The molecule has 2 N–H and O–H groups in total. The molecule has 0 aliphatic rings. The average Bonchev–Trinajstić information content (AvgIpc) is 2.55. The fourth-order valence-corrected chi connectivity index (χ4v) is 2.04. The first-order valence-electron chi connectivity index (χ1n) is 6.63. The van der Waals surface area contributed by atoms with E-state index >= 15 is 0 Å². The van der Waals surface area contributed by atoms with Crippen LogP contribution in [0.2, 0.25) is 0 Å². The molecule has 2 aromatic carbocycles. The molecular weight excluding hydrogens is 319 g/mol. The number of benzene rings is 2. The smallest absolute Gasteiger partial charge is 0.257 e. The monoisotopic (exact) mass is 334 g/mol. The highest BCUT2D eigenvalue weighted by Gasteiger charge is 2.11. The molecule has 0 bridgehead atoms. The van der Waals surface area contributed by atoms with Gasteiger partial charge in [0, 0.05) is 11.6 Å². The fourth-order valence-electron chi connectivity index (χ4n) is 1.84. The third-order valence-corrected chi connectivity index (χ3v) is 3.19. The number of thiocarbonyl (C=S) groups is 1. The minimum Gasteiger partial charge on any atom is -0.497 e. The van der Waals surface area contributed by atoms with E-state index in [1.54, 1.807) is 25.3 Å². The summed E-state index contributed by atoms with van der Waals surface area (Å²) in [6.07, 6.45) is 0. The summed E-state index contributed by atoms with van der Waals surface area (Å²) in [4.78, 5) is 12.0. The number of hydrogen-bond donors (Lipinski definition) is 2. The Morgan fingerprint density at radius 2 is 1.78 bits per heavy atom. The Balaban J connectivity index is 2.07. The molecule has 0 aromatic heterocycles. The van der Waals surface area contributed by atoms with E-state index in [1.807, 2.05) is 0 Å². The molecule has 0 spiro atoms. The van der Waals surface area contributed by atoms with Gasteiger partial charge in [0.1, 0.15) is 17.3 Å². The zero-order valence-electron chi connectivity index (χ0n) is 12.6. The molecule has 0 unspecified atom stereocenters. The summed E-state index contributed by atoms with van der Waals surface area (Å²) in [5, 5.41) is 5.47. The maximum Gasteiger partial charge on any atom is 0.257 e. The van der Waals surface area contributed by atoms with Crippen LogP contribution in [0.5, 0.6) is 11.5 Å². The van der Waals surface area contributed by atoms with Gasteiger partial charge in [-0.1, -0.05) is 0 Å². The first-order valence-corrected chi connectivity index (χ1v) is 7.04. The van der Waals surface area contributed by atoms with Gasteiger partial charge in [-0.3, -0.25) is 10.1 Å². The minimum atomic E-state index is -0.440. The Morgan fingerprint density at radius 1 is 1.09 bits per heavy atom. The summed E-state index contributed by atoms with van der Waals surface area (Å²) in [6.45, 7) is 0. The molecule has 2 rings (SSSR count). The Morgan fingerprint density at radius 3 is 2.39 bits per heavy atom. The maximum atomic E-state index is 12.9. The van der Waals surface area contributed by atoms with Crippen LogP contribution in [0.3, 0.4) is 0 Å². The molecule has 0 saturated heterocycles. The largest absolute Gasteiger partial charge is 0.497 e. The lowest BCUT2D eigenvalue weighted by molar-refractivity contribution is 0.0977. The van der Waals surface area contributed by atoms with E-state index in [1.165, 1.54) is 31.4 Å². The van der Waals surface area contributed by atoms with Gasteiger partial charge in [-0.25, -0.2) is 4.39 Å². The van der Waals surface area contributed by atoms with Crippen LogP contribution >= 0.6 is 12.2 Å². The quantitative estimate of drug-likeness (QED) is 0.842. The van der Waals surface area contributed by atoms with Crippen molar-refractivity contribution in [3.8, 4) is 11.5 Å². The van der Waals surface area contributed by atoms with Gasteiger partial charge in [0.2, 0.25) is 0 Å². The van der Waals surface area contributed by atoms with Crippen LogP contribution in [0.15, 0.2) is 42.5 Å². The standard InChI is InChI=1S/C16H15FN2O3S/c1-21-12-7-8-14(22-2)13(9-12)18-16(23)19-15(20)10-3-5-11(17)6-4-10/h3-9H,1-2H3,(H2,18,19,20,23). The number of carbonyl (C=O) groups excluding carboxylic acids is 1. The van der Waals surface area contributed by atoms with Crippen LogP contribution in [0, 0.1) is 5.82 Å². The average molecular weight is 334 g/mol. The van der Waals surface area contributed by atoms with Crippen molar-refractivity contribution in [2.24, 2.45) is 0 Å². The van der Waals surface area contributed by atoms with Crippen LogP contribution in [0.4, 0.5) is 10.1 Å². The van der Waals surface area contributed by atoms with E-state index in [0.717, 1.165) is 0 Å². The van der Waals surface area contributed by atoms with Gasteiger partial charge in [0.15, 0.2) is 5.11 Å². The van der Waals surface area contributed by atoms with Crippen molar-refractivity contribution >= 4 is 28.9 Å². The second-order valence-corrected chi connectivity index (χ2v) is 4.89. The van der Waals surface area contributed by atoms with Crippen LogP contribution in [-0.2, 0) is 0 Å². The molecule has 0 heterocycles. The molecule has 0 fully saturated rings. The lowest BCUT2D eigenvalue weighted by Gasteiger charge is -2.14. The van der Waals surface area contributed by atoms with Crippen LogP contribution in [0.1, 0.15) is 10.4 Å². The molecule has 2 aromatic rings. The third kappa shape index (κ3) is 4.40. The lowest BCUT2D eigenvalue weighted by Crippen LogP contribution is -2.34. The SMILES string of the molecule is COc1ccc(OC)c(NC(=S)NC(=O)c2ccc(F)cc2)c1. The molecule has 0 radical (unpaired) electrons. The minimum absolute atomic E-state index is 0.0888.